The van der Waals surface area contributed by atoms with E-state index in [1.165, 1.54) is 23.9 Å². The third-order valence-electron chi connectivity index (χ3n) is 7.72. The second-order valence-corrected chi connectivity index (χ2v) is 10.5. The molecule has 1 unspecified atom stereocenters. The SMILES string of the molecule is CC(C)n1ccc2nc(-c3ccc4c(c3)CN(C3CCC(=O)NC3=O)C4=O)cc(CN3CCCC3)c21. The van der Waals surface area contributed by atoms with Crippen LogP contribution in [0.5, 0.6) is 0 Å². The lowest BCUT2D eigenvalue weighted by Crippen LogP contribution is -2.52. The van der Waals surface area contributed by atoms with Gasteiger partial charge < -0.3 is 9.47 Å². The van der Waals surface area contributed by atoms with Crippen molar-refractivity contribution in [3.05, 3.63) is 53.2 Å². The van der Waals surface area contributed by atoms with Gasteiger partial charge in [0, 0.05) is 42.9 Å². The predicted molar refractivity (Wildman–Crippen MR) is 136 cm³/mol. The number of rotatable bonds is 5. The summed E-state index contributed by atoms with van der Waals surface area (Å²) in [6.45, 7) is 7.89. The Hall–Kier alpha value is -3.52. The van der Waals surface area contributed by atoms with Gasteiger partial charge in [-0.05, 0) is 81.6 Å². The summed E-state index contributed by atoms with van der Waals surface area (Å²) in [6, 6.07) is 9.87. The van der Waals surface area contributed by atoms with E-state index in [1.54, 1.807) is 4.90 Å². The minimum Gasteiger partial charge on any atom is -0.343 e. The van der Waals surface area contributed by atoms with Crippen LogP contribution >= 0.6 is 0 Å². The van der Waals surface area contributed by atoms with E-state index in [0.29, 0.717) is 24.6 Å². The fourth-order valence-corrected chi connectivity index (χ4v) is 5.87. The topological polar surface area (TPSA) is 87.5 Å². The van der Waals surface area contributed by atoms with Crippen molar-refractivity contribution in [1.82, 2.24) is 24.7 Å². The molecule has 0 spiro atoms. The Balaban J connectivity index is 1.35. The number of piperidine rings is 1. The third-order valence-corrected chi connectivity index (χ3v) is 7.72. The standard InChI is InChI=1S/C28H31N5O3/c1-17(2)32-12-9-22-26(32)20(15-31-10-3-4-11-31)14-23(29-22)18-5-6-21-19(13-18)16-33(28(21)36)24-7-8-25(34)30-27(24)35/h5-6,9,12-14,17,24H,3-4,7-8,10-11,15-16H2,1-2H3,(H,30,34,35). The molecule has 1 N–H and O–H groups in total. The first-order valence-electron chi connectivity index (χ1n) is 12.9. The Kier molecular flexibility index (Phi) is 5.63. The lowest BCUT2D eigenvalue weighted by molar-refractivity contribution is -0.136. The van der Waals surface area contributed by atoms with Crippen molar-refractivity contribution < 1.29 is 14.4 Å². The quantitative estimate of drug-likeness (QED) is 0.558. The number of hydrogen-bond donors (Lipinski definition) is 1. The molecule has 2 aromatic heterocycles. The fraction of sp³-hybridized carbons (Fsp3) is 0.429. The number of aromatic nitrogens is 2. The summed E-state index contributed by atoms with van der Waals surface area (Å²) in [6.07, 6.45) is 5.23. The average Bonchev–Trinajstić information content (AvgIpc) is 3.58. The molecule has 5 heterocycles. The number of fused-ring (bicyclic) bond motifs is 2. The molecule has 1 aromatic carbocycles. The van der Waals surface area contributed by atoms with Crippen LogP contribution < -0.4 is 5.32 Å². The van der Waals surface area contributed by atoms with E-state index >= 15 is 0 Å². The molecule has 8 nitrogen and oxygen atoms in total. The molecule has 0 saturated carbocycles. The van der Waals surface area contributed by atoms with Crippen LogP contribution in [0.3, 0.4) is 0 Å². The third kappa shape index (κ3) is 3.89. The molecular formula is C28H31N5O3. The Labute approximate surface area is 210 Å². The number of imide groups is 1. The van der Waals surface area contributed by atoms with Crippen LogP contribution in [0.4, 0.5) is 0 Å². The van der Waals surface area contributed by atoms with Crippen molar-refractivity contribution >= 4 is 28.8 Å². The number of benzene rings is 1. The molecule has 3 aliphatic heterocycles. The highest BCUT2D eigenvalue weighted by Crippen LogP contribution is 2.33. The Morgan fingerprint density at radius 1 is 1.08 bits per heavy atom. The molecule has 8 heteroatoms. The molecule has 2 saturated heterocycles. The molecule has 186 valence electrons. The maximum atomic E-state index is 13.1. The first kappa shape index (κ1) is 22.9. The van der Waals surface area contributed by atoms with Gasteiger partial charge in [0.05, 0.1) is 16.7 Å². The molecular weight excluding hydrogens is 454 g/mol. The fourth-order valence-electron chi connectivity index (χ4n) is 5.87. The number of carbonyl (C=O) groups excluding carboxylic acids is 3. The maximum absolute atomic E-state index is 13.1. The maximum Gasteiger partial charge on any atom is 0.255 e. The van der Waals surface area contributed by atoms with Crippen LogP contribution in [0.2, 0.25) is 0 Å². The van der Waals surface area contributed by atoms with Gasteiger partial charge >= 0.3 is 0 Å². The minimum atomic E-state index is -0.608. The van der Waals surface area contributed by atoms with E-state index in [9.17, 15) is 14.4 Å². The van der Waals surface area contributed by atoms with Crippen LogP contribution in [0.1, 0.15) is 67.1 Å². The molecule has 0 radical (unpaired) electrons. The van der Waals surface area contributed by atoms with E-state index < -0.39 is 6.04 Å². The van der Waals surface area contributed by atoms with E-state index in [1.807, 2.05) is 18.2 Å². The summed E-state index contributed by atoms with van der Waals surface area (Å²) in [5.74, 6) is -0.820. The zero-order valence-electron chi connectivity index (χ0n) is 20.8. The second-order valence-electron chi connectivity index (χ2n) is 10.5. The van der Waals surface area contributed by atoms with Crippen molar-refractivity contribution in [3.63, 3.8) is 0 Å². The van der Waals surface area contributed by atoms with Gasteiger partial charge in [-0.15, -0.1) is 0 Å². The molecule has 36 heavy (non-hydrogen) atoms. The lowest BCUT2D eigenvalue weighted by atomic mass is 10.0. The van der Waals surface area contributed by atoms with Crippen molar-refractivity contribution in [2.75, 3.05) is 13.1 Å². The van der Waals surface area contributed by atoms with Crippen molar-refractivity contribution in [2.45, 2.75) is 64.7 Å². The van der Waals surface area contributed by atoms with Gasteiger partial charge in [0.2, 0.25) is 11.8 Å². The summed E-state index contributed by atoms with van der Waals surface area (Å²) in [7, 11) is 0. The summed E-state index contributed by atoms with van der Waals surface area (Å²) in [5.41, 5.74) is 6.83. The first-order valence-corrected chi connectivity index (χ1v) is 12.9. The van der Waals surface area contributed by atoms with Gasteiger partial charge in [-0.1, -0.05) is 6.07 Å². The number of likely N-dealkylation sites (tertiary alicyclic amines) is 1. The first-order chi connectivity index (χ1) is 17.4. The van der Waals surface area contributed by atoms with Crippen LogP contribution in [0, 0.1) is 0 Å². The Bertz CT molecular complexity index is 1390. The largest absolute Gasteiger partial charge is 0.343 e. The monoisotopic (exact) mass is 485 g/mol. The van der Waals surface area contributed by atoms with Crippen LogP contribution in [0.15, 0.2) is 36.5 Å². The normalized spacial score (nSPS) is 20.6. The molecule has 1 atom stereocenters. The van der Waals surface area contributed by atoms with Crippen LogP contribution in [-0.2, 0) is 22.7 Å². The molecule has 3 aromatic rings. The minimum absolute atomic E-state index is 0.154. The highest BCUT2D eigenvalue weighted by atomic mass is 16.2. The van der Waals surface area contributed by atoms with Gasteiger partial charge in [0.25, 0.3) is 5.91 Å². The predicted octanol–water partition coefficient (Wildman–Crippen LogP) is 3.64. The highest BCUT2D eigenvalue weighted by molar-refractivity contribution is 6.05. The molecule has 2 fully saturated rings. The number of pyridine rings is 1. The highest BCUT2D eigenvalue weighted by Gasteiger charge is 2.39. The summed E-state index contributed by atoms with van der Waals surface area (Å²) in [4.78, 5) is 46.2. The van der Waals surface area contributed by atoms with Crippen LogP contribution in [-0.4, -0.2) is 56.2 Å². The van der Waals surface area contributed by atoms with E-state index in [4.69, 9.17) is 4.98 Å². The molecule has 3 amide bonds. The van der Waals surface area contributed by atoms with Crippen molar-refractivity contribution in [1.29, 1.82) is 0 Å². The van der Waals surface area contributed by atoms with E-state index in [-0.39, 0.29) is 24.1 Å². The lowest BCUT2D eigenvalue weighted by Gasteiger charge is -2.29. The van der Waals surface area contributed by atoms with Gasteiger partial charge in [0.15, 0.2) is 0 Å². The Morgan fingerprint density at radius 3 is 2.64 bits per heavy atom. The van der Waals surface area contributed by atoms with E-state index in [2.05, 4.69) is 47.0 Å². The summed E-state index contributed by atoms with van der Waals surface area (Å²) < 4.78 is 2.30. The smallest absolute Gasteiger partial charge is 0.255 e. The zero-order chi connectivity index (χ0) is 25.0. The van der Waals surface area contributed by atoms with Gasteiger partial charge in [-0.3, -0.25) is 24.6 Å². The van der Waals surface area contributed by atoms with Gasteiger partial charge in [-0.25, -0.2) is 4.98 Å². The van der Waals surface area contributed by atoms with Gasteiger partial charge in [-0.2, -0.15) is 0 Å². The second kappa shape index (κ2) is 8.85. The number of hydrogen-bond acceptors (Lipinski definition) is 5. The molecule has 0 aliphatic carbocycles. The number of nitrogens with one attached hydrogen (secondary N) is 1. The molecule has 0 bridgehead atoms. The number of amides is 3. The van der Waals surface area contributed by atoms with Gasteiger partial charge in [0.1, 0.15) is 6.04 Å². The van der Waals surface area contributed by atoms with Crippen LogP contribution in [0.25, 0.3) is 22.3 Å². The average molecular weight is 486 g/mol. The summed E-state index contributed by atoms with van der Waals surface area (Å²) >= 11 is 0. The summed E-state index contributed by atoms with van der Waals surface area (Å²) in [5, 5.41) is 2.37. The van der Waals surface area contributed by atoms with E-state index in [0.717, 1.165) is 42.0 Å². The zero-order valence-corrected chi connectivity index (χ0v) is 20.8. The van der Waals surface area contributed by atoms with Crippen molar-refractivity contribution in [2.24, 2.45) is 0 Å². The number of carbonyl (C=O) groups is 3. The van der Waals surface area contributed by atoms with Crippen molar-refractivity contribution in [3.8, 4) is 11.3 Å². The number of nitrogens with zero attached hydrogens (tertiary/aromatic N) is 4. The Morgan fingerprint density at radius 2 is 1.89 bits per heavy atom. The molecule has 3 aliphatic rings. The molecule has 6 rings (SSSR count).